The fourth-order valence-electron chi connectivity index (χ4n) is 3.01. The van der Waals surface area contributed by atoms with E-state index in [0.29, 0.717) is 21.6 Å². The minimum absolute atomic E-state index is 0.0433. The van der Waals surface area contributed by atoms with Crippen molar-refractivity contribution in [3.8, 4) is 17.2 Å². The van der Waals surface area contributed by atoms with Crippen molar-refractivity contribution in [2.75, 3.05) is 25.6 Å². The number of rotatable bonds is 7. The summed E-state index contributed by atoms with van der Waals surface area (Å²) in [6.07, 6.45) is 0. The zero-order valence-corrected chi connectivity index (χ0v) is 19.5. The van der Waals surface area contributed by atoms with Crippen molar-refractivity contribution in [1.82, 2.24) is 0 Å². The van der Waals surface area contributed by atoms with Gasteiger partial charge in [-0.1, -0.05) is 29.3 Å². The lowest BCUT2D eigenvalue weighted by Crippen LogP contribution is -2.37. The minimum Gasteiger partial charge on any atom is -0.497 e. The van der Waals surface area contributed by atoms with Crippen LogP contribution >= 0.6 is 11.6 Å². The van der Waals surface area contributed by atoms with Gasteiger partial charge in [-0.15, -0.1) is 0 Å². The van der Waals surface area contributed by atoms with E-state index in [1.165, 1.54) is 63.8 Å². The molecule has 0 aliphatic rings. The Hall–Kier alpha value is -3.23. The largest absolute Gasteiger partial charge is 0.497 e. The molecule has 3 rings (SSSR count). The number of nitrogens with zero attached hydrogens (tertiary/aromatic N) is 1. The normalized spacial score (nSPS) is 11.0. The van der Waals surface area contributed by atoms with Crippen molar-refractivity contribution in [2.24, 2.45) is 0 Å². The summed E-state index contributed by atoms with van der Waals surface area (Å²) in [5, 5.41) is 0.158. The molecule has 168 valence electrons. The van der Waals surface area contributed by atoms with E-state index in [9.17, 15) is 13.2 Å². The molecule has 0 heterocycles. The van der Waals surface area contributed by atoms with Gasteiger partial charge in [-0.05, 0) is 49.4 Å². The van der Waals surface area contributed by atoms with Crippen LogP contribution in [0.2, 0.25) is 5.02 Å². The van der Waals surface area contributed by atoms with Gasteiger partial charge in [-0.25, -0.2) is 8.42 Å². The van der Waals surface area contributed by atoms with Crippen LogP contribution in [0.5, 0.6) is 17.2 Å². The van der Waals surface area contributed by atoms with E-state index in [-0.39, 0.29) is 21.2 Å². The molecule has 0 bridgehead atoms. The summed E-state index contributed by atoms with van der Waals surface area (Å²) in [6, 6.07) is 15.0. The van der Waals surface area contributed by atoms with Crippen LogP contribution in [-0.4, -0.2) is 35.7 Å². The molecule has 3 aromatic carbocycles. The number of hydrogen-bond donors (Lipinski definition) is 0. The highest BCUT2D eigenvalue weighted by Crippen LogP contribution is 2.34. The summed E-state index contributed by atoms with van der Waals surface area (Å²) in [7, 11) is 0.0240. The molecule has 7 nitrogen and oxygen atoms in total. The maximum Gasteiger partial charge on any atom is 0.272 e. The first-order valence-corrected chi connectivity index (χ1v) is 11.3. The molecular formula is C23H22ClNO6S. The summed E-state index contributed by atoms with van der Waals surface area (Å²) in [4.78, 5) is 13.6. The number of carbonyl (C=O) groups excluding carboxylic acids is 1. The lowest BCUT2D eigenvalue weighted by atomic mass is 10.1. The number of hydrogen-bond acceptors (Lipinski definition) is 6. The van der Waals surface area contributed by atoms with Crippen LogP contribution in [0.1, 0.15) is 15.9 Å². The second-order valence-corrected chi connectivity index (χ2v) is 9.00. The van der Waals surface area contributed by atoms with Gasteiger partial charge in [0.05, 0.1) is 36.9 Å². The Labute approximate surface area is 192 Å². The van der Waals surface area contributed by atoms with Crippen LogP contribution < -0.4 is 18.5 Å². The van der Waals surface area contributed by atoms with Crippen LogP contribution in [-0.2, 0) is 10.0 Å². The molecule has 32 heavy (non-hydrogen) atoms. The number of sulfonamides is 1. The predicted octanol–water partition coefficient (Wildman–Crippen LogP) is 4.71. The second-order valence-electron chi connectivity index (χ2n) is 6.81. The number of ether oxygens (including phenoxy) is 3. The average molecular weight is 476 g/mol. The van der Waals surface area contributed by atoms with E-state index in [4.69, 9.17) is 25.8 Å². The van der Waals surface area contributed by atoms with Gasteiger partial charge in [-0.2, -0.15) is 4.31 Å². The molecule has 0 saturated heterocycles. The standard InChI is InChI=1S/C23H22ClNO6S/c1-15-5-8-20(9-6-15)32(27,28)25(17-7-10-22(31-4)21(24)13-17)23(26)16-11-18(29-2)14-19(12-16)30-3/h5-14H,1-4H3. The fraction of sp³-hybridized carbons (Fsp3) is 0.174. The van der Waals surface area contributed by atoms with Crippen molar-refractivity contribution in [1.29, 1.82) is 0 Å². The Morgan fingerprint density at radius 3 is 1.94 bits per heavy atom. The highest BCUT2D eigenvalue weighted by Gasteiger charge is 2.33. The molecule has 0 aromatic heterocycles. The molecule has 9 heteroatoms. The van der Waals surface area contributed by atoms with Crippen molar-refractivity contribution < 1.29 is 27.4 Å². The Kier molecular flexibility index (Phi) is 6.96. The van der Waals surface area contributed by atoms with Gasteiger partial charge >= 0.3 is 0 Å². The zero-order valence-electron chi connectivity index (χ0n) is 18.0. The van der Waals surface area contributed by atoms with E-state index in [2.05, 4.69) is 0 Å². The van der Waals surface area contributed by atoms with Gasteiger partial charge in [0.25, 0.3) is 15.9 Å². The third-order valence-electron chi connectivity index (χ3n) is 4.71. The highest BCUT2D eigenvalue weighted by molar-refractivity contribution is 7.93. The summed E-state index contributed by atoms with van der Waals surface area (Å²) >= 11 is 6.24. The maximum atomic E-state index is 13.6. The summed E-state index contributed by atoms with van der Waals surface area (Å²) in [5.41, 5.74) is 0.999. The molecule has 0 spiro atoms. The van der Waals surface area contributed by atoms with Crippen molar-refractivity contribution in [2.45, 2.75) is 11.8 Å². The molecule has 0 N–H and O–H groups in total. The Balaban J connectivity index is 2.22. The van der Waals surface area contributed by atoms with Crippen molar-refractivity contribution in [3.63, 3.8) is 0 Å². The molecule has 0 aliphatic carbocycles. The molecule has 3 aromatic rings. The smallest absolute Gasteiger partial charge is 0.272 e. The molecule has 1 amide bonds. The van der Waals surface area contributed by atoms with Gasteiger partial charge in [-0.3, -0.25) is 4.79 Å². The Morgan fingerprint density at radius 2 is 1.44 bits per heavy atom. The summed E-state index contributed by atoms with van der Waals surface area (Å²) < 4.78 is 43.5. The number of amides is 1. The summed E-state index contributed by atoms with van der Waals surface area (Å²) in [5.74, 6) is 0.226. The number of halogens is 1. The van der Waals surface area contributed by atoms with Gasteiger partial charge in [0.15, 0.2) is 0 Å². The third-order valence-corrected chi connectivity index (χ3v) is 6.73. The van der Waals surface area contributed by atoms with Gasteiger partial charge < -0.3 is 14.2 Å². The average Bonchev–Trinajstić information content (AvgIpc) is 2.79. The topological polar surface area (TPSA) is 82.1 Å². The number of aryl methyl sites for hydroxylation is 1. The highest BCUT2D eigenvalue weighted by atomic mass is 35.5. The first-order chi connectivity index (χ1) is 15.2. The number of anilines is 1. The maximum absolute atomic E-state index is 13.6. The van der Waals surface area contributed by atoms with E-state index in [0.717, 1.165) is 5.56 Å². The van der Waals surface area contributed by atoms with Crippen LogP contribution in [0.4, 0.5) is 5.69 Å². The molecule has 0 saturated carbocycles. The number of carbonyl (C=O) groups is 1. The molecular weight excluding hydrogens is 454 g/mol. The van der Waals surface area contributed by atoms with Crippen LogP contribution in [0, 0.1) is 6.92 Å². The number of benzene rings is 3. The molecule has 0 unspecified atom stereocenters. The minimum atomic E-state index is -4.29. The molecule has 0 aliphatic heterocycles. The van der Waals surface area contributed by atoms with Crippen LogP contribution in [0.25, 0.3) is 0 Å². The van der Waals surface area contributed by atoms with E-state index in [1.807, 2.05) is 6.92 Å². The zero-order chi connectivity index (χ0) is 23.5. The molecule has 0 atom stereocenters. The monoisotopic (exact) mass is 475 g/mol. The molecule has 0 fully saturated rings. The van der Waals surface area contributed by atoms with Crippen LogP contribution in [0.3, 0.4) is 0 Å². The van der Waals surface area contributed by atoms with Gasteiger partial charge in [0.2, 0.25) is 0 Å². The third kappa shape index (κ3) is 4.66. The predicted molar refractivity (Wildman–Crippen MR) is 123 cm³/mol. The Bertz CT molecular complexity index is 1220. The van der Waals surface area contributed by atoms with Crippen molar-refractivity contribution in [3.05, 3.63) is 76.8 Å². The quantitative estimate of drug-likeness (QED) is 0.492. The van der Waals surface area contributed by atoms with E-state index >= 15 is 0 Å². The van der Waals surface area contributed by atoms with E-state index in [1.54, 1.807) is 18.2 Å². The van der Waals surface area contributed by atoms with Crippen molar-refractivity contribution >= 4 is 33.2 Å². The second kappa shape index (κ2) is 9.50. The van der Waals surface area contributed by atoms with Gasteiger partial charge in [0.1, 0.15) is 17.2 Å². The SMILES string of the molecule is COc1cc(OC)cc(C(=O)N(c2ccc(OC)c(Cl)c2)S(=O)(=O)c2ccc(C)cc2)c1. The first kappa shape index (κ1) is 23.4. The fourth-order valence-corrected chi connectivity index (χ4v) is 4.67. The summed E-state index contributed by atoms with van der Waals surface area (Å²) in [6.45, 7) is 1.84. The number of methoxy groups -OCH3 is 3. The lowest BCUT2D eigenvalue weighted by molar-refractivity contribution is 0.100. The van der Waals surface area contributed by atoms with E-state index < -0.39 is 15.9 Å². The van der Waals surface area contributed by atoms with Crippen LogP contribution in [0.15, 0.2) is 65.6 Å². The molecule has 0 radical (unpaired) electrons. The van der Waals surface area contributed by atoms with Gasteiger partial charge in [0, 0.05) is 11.6 Å². The lowest BCUT2D eigenvalue weighted by Gasteiger charge is -2.24. The Morgan fingerprint density at radius 1 is 0.844 bits per heavy atom. The first-order valence-electron chi connectivity index (χ1n) is 9.44.